The van der Waals surface area contributed by atoms with Crippen molar-refractivity contribution in [2.24, 2.45) is 0 Å². The summed E-state index contributed by atoms with van der Waals surface area (Å²) in [6, 6.07) is 7.72. The van der Waals surface area contributed by atoms with Crippen LogP contribution in [0.5, 0.6) is 5.88 Å². The molecule has 3 N–H and O–H groups in total. The fourth-order valence-electron chi connectivity index (χ4n) is 1.49. The number of hydrogen-bond donors (Lipinski definition) is 2. The molecule has 0 saturated carbocycles. The van der Waals surface area contributed by atoms with Crippen LogP contribution in [0.1, 0.15) is 13.8 Å². The number of aromatic nitrogens is 2. The molecule has 2 aromatic rings. The largest absolute Gasteiger partial charge is 0.473 e. The third kappa shape index (κ3) is 3.35. The second kappa shape index (κ2) is 5.88. The summed E-state index contributed by atoms with van der Waals surface area (Å²) < 4.78 is 6.46. The van der Waals surface area contributed by atoms with Gasteiger partial charge in [-0.3, -0.25) is 0 Å². The standard InChI is InChI=1S/C13H15BrN4O/c1-8(2)19-13-11(15)12(16-7-17-13)18-10-6-4-3-5-9(10)14/h3-8H,15H2,1-2H3,(H,16,17,18). The van der Waals surface area contributed by atoms with Gasteiger partial charge in [0.05, 0.1) is 11.8 Å². The minimum Gasteiger partial charge on any atom is -0.473 e. The Bertz CT molecular complexity index is 574. The van der Waals surface area contributed by atoms with Crippen molar-refractivity contribution in [2.45, 2.75) is 20.0 Å². The number of nitrogens with zero attached hydrogens (tertiary/aromatic N) is 2. The van der Waals surface area contributed by atoms with Crippen molar-refractivity contribution in [3.63, 3.8) is 0 Å². The number of ether oxygens (including phenoxy) is 1. The Balaban J connectivity index is 2.28. The minimum absolute atomic E-state index is 0.00788. The lowest BCUT2D eigenvalue weighted by Crippen LogP contribution is -2.10. The predicted octanol–water partition coefficient (Wildman–Crippen LogP) is 3.35. The van der Waals surface area contributed by atoms with E-state index in [2.05, 4.69) is 31.2 Å². The predicted molar refractivity (Wildman–Crippen MR) is 79.6 cm³/mol. The van der Waals surface area contributed by atoms with Crippen LogP contribution in [0.15, 0.2) is 35.1 Å². The third-order valence-corrected chi connectivity index (χ3v) is 3.01. The van der Waals surface area contributed by atoms with E-state index >= 15 is 0 Å². The highest BCUT2D eigenvalue weighted by Gasteiger charge is 2.11. The van der Waals surface area contributed by atoms with Gasteiger partial charge in [0.25, 0.3) is 0 Å². The van der Waals surface area contributed by atoms with Crippen LogP contribution < -0.4 is 15.8 Å². The lowest BCUT2D eigenvalue weighted by Gasteiger charge is -2.14. The molecule has 0 fully saturated rings. The zero-order valence-electron chi connectivity index (χ0n) is 10.7. The van der Waals surface area contributed by atoms with Gasteiger partial charge < -0.3 is 15.8 Å². The lowest BCUT2D eigenvalue weighted by atomic mass is 10.3. The molecule has 5 nitrogen and oxygen atoms in total. The smallest absolute Gasteiger partial charge is 0.242 e. The summed E-state index contributed by atoms with van der Waals surface area (Å²) in [6.45, 7) is 3.84. The van der Waals surface area contributed by atoms with Crippen LogP contribution in [0.4, 0.5) is 17.2 Å². The number of rotatable bonds is 4. The summed E-state index contributed by atoms with van der Waals surface area (Å²) in [5, 5.41) is 3.15. The molecule has 0 aliphatic rings. The zero-order valence-corrected chi connectivity index (χ0v) is 12.3. The van der Waals surface area contributed by atoms with Crippen molar-refractivity contribution in [1.82, 2.24) is 9.97 Å². The monoisotopic (exact) mass is 322 g/mol. The summed E-state index contributed by atoms with van der Waals surface area (Å²) in [6.07, 6.45) is 1.43. The molecule has 1 heterocycles. The highest BCUT2D eigenvalue weighted by molar-refractivity contribution is 9.10. The Morgan fingerprint density at radius 3 is 2.68 bits per heavy atom. The minimum atomic E-state index is 0.00788. The molecule has 1 aromatic heterocycles. The van der Waals surface area contributed by atoms with Gasteiger partial charge in [-0.1, -0.05) is 12.1 Å². The molecule has 6 heteroatoms. The molecule has 19 heavy (non-hydrogen) atoms. The van der Waals surface area contributed by atoms with E-state index in [9.17, 15) is 0 Å². The van der Waals surface area contributed by atoms with Crippen LogP contribution in [-0.4, -0.2) is 16.1 Å². The Labute approximate surface area is 120 Å². The Hall–Kier alpha value is -1.82. The summed E-state index contributed by atoms with van der Waals surface area (Å²) in [4.78, 5) is 8.17. The molecule has 0 radical (unpaired) electrons. The number of nitrogen functional groups attached to an aromatic ring is 1. The van der Waals surface area contributed by atoms with Crippen molar-refractivity contribution in [1.29, 1.82) is 0 Å². The second-order valence-corrected chi connectivity index (χ2v) is 5.07. The fourth-order valence-corrected chi connectivity index (χ4v) is 1.87. The van der Waals surface area contributed by atoms with E-state index in [1.807, 2.05) is 38.1 Å². The molecule has 0 atom stereocenters. The molecular formula is C13H15BrN4O. The van der Waals surface area contributed by atoms with Crippen LogP contribution in [0, 0.1) is 0 Å². The number of hydrogen-bond acceptors (Lipinski definition) is 5. The maximum absolute atomic E-state index is 6.00. The molecular weight excluding hydrogens is 308 g/mol. The molecule has 100 valence electrons. The van der Waals surface area contributed by atoms with E-state index in [1.54, 1.807) is 0 Å². The van der Waals surface area contributed by atoms with Gasteiger partial charge in [0, 0.05) is 4.47 Å². The van der Waals surface area contributed by atoms with Gasteiger partial charge in [-0.25, -0.2) is 4.98 Å². The first kappa shape index (κ1) is 13.6. The second-order valence-electron chi connectivity index (χ2n) is 4.21. The van der Waals surface area contributed by atoms with Crippen LogP contribution in [0.2, 0.25) is 0 Å². The average Bonchev–Trinajstić information content (AvgIpc) is 2.36. The summed E-state index contributed by atoms with van der Waals surface area (Å²) in [5.41, 5.74) is 7.28. The Morgan fingerprint density at radius 1 is 1.26 bits per heavy atom. The van der Waals surface area contributed by atoms with E-state index in [0.29, 0.717) is 17.4 Å². The molecule has 0 bridgehead atoms. The van der Waals surface area contributed by atoms with Crippen LogP contribution in [0.25, 0.3) is 0 Å². The van der Waals surface area contributed by atoms with Crippen LogP contribution in [-0.2, 0) is 0 Å². The van der Waals surface area contributed by atoms with E-state index in [-0.39, 0.29) is 6.10 Å². The third-order valence-electron chi connectivity index (χ3n) is 2.32. The molecule has 0 aliphatic heterocycles. The van der Waals surface area contributed by atoms with Gasteiger partial charge in [0.1, 0.15) is 12.0 Å². The maximum atomic E-state index is 6.00. The number of anilines is 3. The van der Waals surface area contributed by atoms with E-state index in [4.69, 9.17) is 10.5 Å². The van der Waals surface area contributed by atoms with Crippen molar-refractivity contribution >= 4 is 33.1 Å². The quantitative estimate of drug-likeness (QED) is 0.903. The first-order valence-corrected chi connectivity index (χ1v) is 6.66. The lowest BCUT2D eigenvalue weighted by molar-refractivity contribution is 0.234. The number of para-hydroxylation sites is 1. The molecule has 0 unspecified atom stereocenters. The first-order valence-electron chi connectivity index (χ1n) is 5.86. The summed E-state index contributed by atoms with van der Waals surface area (Å²) >= 11 is 3.46. The first-order chi connectivity index (χ1) is 9.08. The molecule has 0 saturated heterocycles. The van der Waals surface area contributed by atoms with Crippen molar-refractivity contribution in [3.8, 4) is 5.88 Å². The maximum Gasteiger partial charge on any atom is 0.242 e. The van der Waals surface area contributed by atoms with E-state index in [1.165, 1.54) is 6.33 Å². The topological polar surface area (TPSA) is 73.1 Å². The van der Waals surface area contributed by atoms with Gasteiger partial charge in [-0.2, -0.15) is 4.98 Å². The van der Waals surface area contributed by atoms with Gasteiger partial charge in [0.2, 0.25) is 5.88 Å². The zero-order chi connectivity index (χ0) is 13.8. The Morgan fingerprint density at radius 2 is 2.00 bits per heavy atom. The fraction of sp³-hybridized carbons (Fsp3) is 0.231. The average molecular weight is 323 g/mol. The number of nitrogens with two attached hydrogens (primary N) is 1. The van der Waals surface area contributed by atoms with Gasteiger partial charge in [-0.05, 0) is 41.9 Å². The number of nitrogens with one attached hydrogen (secondary N) is 1. The van der Waals surface area contributed by atoms with Crippen molar-refractivity contribution in [2.75, 3.05) is 11.1 Å². The summed E-state index contributed by atoms with van der Waals surface area (Å²) in [7, 11) is 0. The summed E-state index contributed by atoms with van der Waals surface area (Å²) in [5.74, 6) is 0.914. The van der Waals surface area contributed by atoms with Crippen LogP contribution >= 0.6 is 15.9 Å². The number of halogens is 1. The molecule has 1 aromatic carbocycles. The highest BCUT2D eigenvalue weighted by Crippen LogP contribution is 2.30. The van der Waals surface area contributed by atoms with E-state index in [0.717, 1.165) is 10.2 Å². The molecule has 0 spiro atoms. The normalized spacial score (nSPS) is 10.5. The van der Waals surface area contributed by atoms with Crippen LogP contribution in [0.3, 0.4) is 0 Å². The van der Waals surface area contributed by atoms with Crippen molar-refractivity contribution < 1.29 is 4.74 Å². The molecule has 0 aliphatic carbocycles. The van der Waals surface area contributed by atoms with Crippen molar-refractivity contribution in [3.05, 3.63) is 35.1 Å². The highest BCUT2D eigenvalue weighted by atomic mass is 79.9. The van der Waals surface area contributed by atoms with Gasteiger partial charge in [0.15, 0.2) is 5.82 Å². The molecule has 2 rings (SSSR count). The van der Waals surface area contributed by atoms with E-state index < -0.39 is 0 Å². The Kier molecular flexibility index (Phi) is 4.21. The molecule has 0 amide bonds. The van der Waals surface area contributed by atoms with Gasteiger partial charge in [-0.15, -0.1) is 0 Å². The number of benzene rings is 1. The SMILES string of the molecule is CC(C)Oc1ncnc(Nc2ccccc2Br)c1N. The van der Waals surface area contributed by atoms with Gasteiger partial charge >= 0.3 is 0 Å².